The molecule has 0 bridgehead atoms. The predicted molar refractivity (Wildman–Crippen MR) is 148 cm³/mol. The van der Waals surface area contributed by atoms with Crippen molar-refractivity contribution >= 4 is 35.3 Å². The molecule has 3 rings (SSSR count). The molecule has 1 aromatic rings. The number of benzene rings is 1. The van der Waals surface area contributed by atoms with Gasteiger partial charge in [-0.1, -0.05) is 63.4 Å². The summed E-state index contributed by atoms with van der Waals surface area (Å²) in [6, 6.07) is 4.48. The normalized spacial score (nSPS) is 19.8. The Hall–Kier alpha value is -3.76. The summed E-state index contributed by atoms with van der Waals surface area (Å²) in [4.78, 5) is 77.8. The first-order chi connectivity index (χ1) is 19.0. The molecule has 0 radical (unpaired) electrons. The van der Waals surface area contributed by atoms with Crippen LogP contribution in [0.3, 0.4) is 0 Å². The molecule has 11 heteroatoms. The quantitative estimate of drug-likeness (QED) is 0.239. The van der Waals surface area contributed by atoms with E-state index in [1.54, 1.807) is 24.3 Å². The molecule has 1 saturated carbocycles. The van der Waals surface area contributed by atoms with E-state index in [1.165, 1.54) is 11.8 Å². The molecule has 5 N–H and O–H groups in total. The Balaban J connectivity index is 1.76. The molecule has 2 fully saturated rings. The summed E-state index contributed by atoms with van der Waals surface area (Å²) in [5.41, 5.74) is 5.53. The third kappa shape index (κ3) is 7.67. The maximum atomic E-state index is 13.9. The van der Waals surface area contributed by atoms with Crippen molar-refractivity contribution < 1.29 is 28.8 Å². The van der Waals surface area contributed by atoms with E-state index in [9.17, 15) is 28.8 Å². The first-order valence-electron chi connectivity index (χ1n) is 14.1. The fourth-order valence-electron chi connectivity index (χ4n) is 5.56. The Morgan fingerprint density at radius 3 is 2.10 bits per heavy atom. The van der Waals surface area contributed by atoms with Crippen LogP contribution in [0.5, 0.6) is 0 Å². The smallest absolute Gasteiger partial charge is 0.316 e. The van der Waals surface area contributed by atoms with Gasteiger partial charge < -0.3 is 26.6 Å². The highest BCUT2D eigenvalue weighted by Crippen LogP contribution is 2.29. The molecule has 4 unspecified atom stereocenters. The van der Waals surface area contributed by atoms with E-state index in [-0.39, 0.29) is 23.5 Å². The molecule has 0 spiro atoms. The lowest BCUT2D eigenvalue weighted by atomic mass is 9.83. The zero-order valence-electron chi connectivity index (χ0n) is 23.5. The highest BCUT2D eigenvalue weighted by molar-refractivity contribution is 6.37. The highest BCUT2D eigenvalue weighted by Gasteiger charge is 2.41. The number of hydrogen-bond donors (Lipinski definition) is 4. The molecular weight excluding hydrogens is 514 g/mol. The number of carbonyl (C=O) groups is 6. The van der Waals surface area contributed by atoms with Crippen molar-refractivity contribution in [1.29, 1.82) is 0 Å². The van der Waals surface area contributed by atoms with Crippen molar-refractivity contribution in [2.24, 2.45) is 17.6 Å². The Bertz CT molecular complexity index is 1100. The minimum atomic E-state index is -1.15. The van der Waals surface area contributed by atoms with Gasteiger partial charge in [0, 0.05) is 12.1 Å². The monoisotopic (exact) mass is 555 g/mol. The molecule has 5 amide bonds. The number of Topliss-reactive ketones (excluding diaryl/α,β-unsaturated/α-hetero) is 2. The fourth-order valence-corrected chi connectivity index (χ4v) is 5.56. The molecule has 1 heterocycles. The first kappa shape index (κ1) is 30.8. The van der Waals surface area contributed by atoms with Gasteiger partial charge in [-0.25, -0.2) is 4.79 Å². The molecule has 1 saturated heterocycles. The summed E-state index contributed by atoms with van der Waals surface area (Å²) in [5, 5.41) is 8.12. The van der Waals surface area contributed by atoms with Gasteiger partial charge in [-0.05, 0) is 44.4 Å². The summed E-state index contributed by atoms with van der Waals surface area (Å²) >= 11 is 0. The number of carbonyl (C=O) groups excluding carboxylic acids is 6. The molecular formula is C29H41N5O6. The topological polar surface area (TPSA) is 168 Å². The van der Waals surface area contributed by atoms with Gasteiger partial charge >= 0.3 is 6.03 Å². The van der Waals surface area contributed by atoms with Gasteiger partial charge in [0.2, 0.25) is 17.6 Å². The summed E-state index contributed by atoms with van der Waals surface area (Å²) in [6.07, 6.45) is 5.37. The summed E-state index contributed by atoms with van der Waals surface area (Å²) in [7, 11) is 0. The van der Waals surface area contributed by atoms with E-state index in [4.69, 9.17) is 5.73 Å². The summed E-state index contributed by atoms with van der Waals surface area (Å²) < 4.78 is 0. The van der Waals surface area contributed by atoms with Crippen LogP contribution in [0.25, 0.3) is 0 Å². The van der Waals surface area contributed by atoms with Crippen LogP contribution in [-0.2, 0) is 19.2 Å². The van der Waals surface area contributed by atoms with Crippen LogP contribution in [-0.4, -0.2) is 70.9 Å². The van der Waals surface area contributed by atoms with Gasteiger partial charge in [0.15, 0.2) is 5.78 Å². The standard InChI is InChI=1S/C29H41N5O6/c1-17(2)22(25(36)20-13-8-5-9-14-20)32-29(40)33-23(19-11-6-4-7-12-19)28(39)34-16-10-15-21(34)27(38)31-18(3)24(35)26(30)37/h5,8-9,13-14,17-19,21-23H,4,6-7,10-12,15-16H2,1-3H3,(H2,30,37)(H,31,38)(H2,32,33,40). The number of nitrogens with one attached hydrogen (secondary N) is 3. The third-order valence-corrected chi connectivity index (χ3v) is 7.80. The minimum Gasteiger partial charge on any atom is -0.363 e. The molecule has 218 valence electrons. The highest BCUT2D eigenvalue weighted by atomic mass is 16.2. The van der Waals surface area contributed by atoms with Crippen LogP contribution in [0.4, 0.5) is 4.79 Å². The molecule has 1 aromatic carbocycles. The third-order valence-electron chi connectivity index (χ3n) is 7.80. The molecule has 1 aliphatic heterocycles. The van der Waals surface area contributed by atoms with Gasteiger partial charge in [0.25, 0.3) is 5.91 Å². The largest absolute Gasteiger partial charge is 0.363 e. The van der Waals surface area contributed by atoms with Gasteiger partial charge in [0.1, 0.15) is 12.1 Å². The zero-order valence-corrected chi connectivity index (χ0v) is 23.5. The second-order valence-electron chi connectivity index (χ2n) is 11.1. The molecule has 4 atom stereocenters. The minimum absolute atomic E-state index is 0.117. The molecule has 2 aliphatic rings. The van der Waals surface area contributed by atoms with Crippen LogP contribution in [0.15, 0.2) is 30.3 Å². The lowest BCUT2D eigenvalue weighted by Crippen LogP contribution is -2.59. The van der Waals surface area contributed by atoms with Gasteiger partial charge in [0.05, 0.1) is 12.1 Å². The van der Waals surface area contributed by atoms with Gasteiger partial charge in [-0.2, -0.15) is 0 Å². The SMILES string of the molecule is CC(NC(=O)C1CCCN1C(=O)C(NC(=O)NC(C(=O)c1ccccc1)C(C)C)C1CCCCC1)C(=O)C(N)=O. The van der Waals surface area contributed by atoms with E-state index >= 15 is 0 Å². The number of urea groups is 1. The maximum Gasteiger partial charge on any atom is 0.316 e. The zero-order chi connectivity index (χ0) is 29.4. The second-order valence-corrected chi connectivity index (χ2v) is 11.1. The van der Waals surface area contributed by atoms with Gasteiger partial charge in [-0.3, -0.25) is 24.0 Å². The van der Waals surface area contributed by atoms with Crippen molar-refractivity contribution in [1.82, 2.24) is 20.9 Å². The van der Waals surface area contributed by atoms with E-state index in [0.717, 1.165) is 32.1 Å². The average molecular weight is 556 g/mol. The first-order valence-corrected chi connectivity index (χ1v) is 14.1. The maximum absolute atomic E-state index is 13.9. The summed E-state index contributed by atoms with van der Waals surface area (Å²) in [6.45, 7) is 5.37. The lowest BCUT2D eigenvalue weighted by Gasteiger charge is -2.35. The average Bonchev–Trinajstić information content (AvgIpc) is 3.44. The van der Waals surface area contributed by atoms with Gasteiger partial charge in [-0.15, -0.1) is 0 Å². The number of primary amides is 1. The second kappa shape index (κ2) is 14.0. The number of nitrogens with two attached hydrogens (primary N) is 1. The lowest BCUT2D eigenvalue weighted by molar-refractivity contribution is -0.142. The van der Waals surface area contributed by atoms with Crippen LogP contribution >= 0.6 is 0 Å². The number of likely N-dealkylation sites (tertiary alicyclic amines) is 1. The van der Waals surface area contributed by atoms with Crippen molar-refractivity contribution in [3.05, 3.63) is 35.9 Å². The van der Waals surface area contributed by atoms with Crippen molar-refractivity contribution in [3.63, 3.8) is 0 Å². The van der Waals surface area contributed by atoms with Crippen molar-refractivity contribution in [3.8, 4) is 0 Å². The number of rotatable bonds is 11. The van der Waals surface area contributed by atoms with E-state index in [2.05, 4.69) is 16.0 Å². The predicted octanol–water partition coefficient (Wildman–Crippen LogP) is 1.69. The molecule has 11 nitrogen and oxygen atoms in total. The number of hydrogen-bond acceptors (Lipinski definition) is 6. The molecule has 40 heavy (non-hydrogen) atoms. The number of ketones is 2. The van der Waals surface area contributed by atoms with Crippen LogP contribution in [0, 0.1) is 11.8 Å². The Labute approximate surface area is 235 Å². The Morgan fingerprint density at radius 1 is 0.850 bits per heavy atom. The van der Waals surface area contributed by atoms with Crippen LogP contribution in [0.2, 0.25) is 0 Å². The van der Waals surface area contributed by atoms with E-state index in [0.29, 0.717) is 24.9 Å². The number of nitrogens with zero attached hydrogens (tertiary/aromatic N) is 1. The van der Waals surface area contributed by atoms with Crippen LogP contribution < -0.4 is 21.7 Å². The fraction of sp³-hybridized carbons (Fsp3) is 0.586. The van der Waals surface area contributed by atoms with Crippen molar-refractivity contribution in [2.45, 2.75) is 89.9 Å². The Morgan fingerprint density at radius 2 is 1.50 bits per heavy atom. The summed E-state index contributed by atoms with van der Waals surface area (Å²) in [5.74, 6) is -3.52. The Kier molecular flexibility index (Phi) is 10.8. The molecule has 1 aliphatic carbocycles. The number of amides is 5. The van der Waals surface area contributed by atoms with Crippen molar-refractivity contribution in [2.75, 3.05) is 6.54 Å². The van der Waals surface area contributed by atoms with E-state index < -0.39 is 47.8 Å². The van der Waals surface area contributed by atoms with E-state index in [1.807, 2.05) is 19.9 Å². The molecule has 0 aromatic heterocycles. The van der Waals surface area contributed by atoms with Crippen LogP contribution in [0.1, 0.15) is 76.1 Å².